The van der Waals surface area contributed by atoms with Crippen molar-refractivity contribution in [3.8, 4) is 11.5 Å². The van der Waals surface area contributed by atoms with Gasteiger partial charge in [-0.3, -0.25) is 0 Å². The van der Waals surface area contributed by atoms with E-state index in [1.165, 1.54) is 0 Å². The zero-order chi connectivity index (χ0) is 11.0. The summed E-state index contributed by atoms with van der Waals surface area (Å²) in [5, 5.41) is 0. The van der Waals surface area contributed by atoms with E-state index < -0.39 is 0 Å². The summed E-state index contributed by atoms with van der Waals surface area (Å²) in [7, 11) is 3.17. The largest absolute Gasteiger partial charge is 0.492 e. The molecule has 15 heavy (non-hydrogen) atoms. The summed E-state index contributed by atoms with van der Waals surface area (Å²) < 4.78 is 20.4. The van der Waals surface area contributed by atoms with Gasteiger partial charge in [0.1, 0.15) is 11.0 Å². The third kappa shape index (κ3) is 1.62. The van der Waals surface area contributed by atoms with Crippen LogP contribution in [0.4, 0.5) is 0 Å². The average Bonchev–Trinajstić information content (AvgIpc) is 2.72. The quantitative estimate of drug-likeness (QED) is 0.831. The van der Waals surface area contributed by atoms with Crippen molar-refractivity contribution in [2.45, 2.75) is 0 Å². The van der Waals surface area contributed by atoms with E-state index in [-0.39, 0.29) is 0 Å². The van der Waals surface area contributed by atoms with Crippen molar-refractivity contribution in [2.24, 2.45) is 0 Å². The highest BCUT2D eigenvalue weighted by atomic mass is 79.9. The number of ether oxygens (including phenoxy) is 2. The molecule has 0 bridgehead atoms. The Hall–Kier alpha value is -0.400. The molecule has 0 radical (unpaired) electrons. The zero-order valence-electron chi connectivity index (χ0n) is 7.88. The molecule has 0 amide bonds. The minimum atomic E-state index is 0.615. The average molecular weight is 354 g/mol. The van der Waals surface area contributed by atoms with Gasteiger partial charge in [0, 0.05) is 0 Å². The molecule has 0 saturated heterocycles. The van der Waals surface area contributed by atoms with Crippen LogP contribution in [0, 0.1) is 0 Å². The van der Waals surface area contributed by atoms with Crippen molar-refractivity contribution in [2.75, 3.05) is 14.2 Å². The number of fused-ring (bicyclic) bond motifs is 1. The topological polar surface area (TPSA) is 44.2 Å². The number of methoxy groups -OCH3 is 2. The molecule has 0 atom stereocenters. The number of aromatic nitrogens is 2. The lowest BCUT2D eigenvalue weighted by atomic mass is 10.2. The van der Waals surface area contributed by atoms with E-state index in [1.807, 2.05) is 0 Å². The molecule has 0 saturated carbocycles. The molecule has 2 aromatic rings. The fourth-order valence-corrected chi connectivity index (χ4v) is 3.29. The van der Waals surface area contributed by atoms with Gasteiger partial charge in [-0.05, 0) is 31.9 Å². The molecular weight excluding hydrogens is 348 g/mol. The van der Waals surface area contributed by atoms with Crippen molar-refractivity contribution in [3.63, 3.8) is 0 Å². The van der Waals surface area contributed by atoms with E-state index in [0.717, 1.165) is 31.7 Å². The van der Waals surface area contributed by atoms with Crippen LogP contribution in [0.2, 0.25) is 0 Å². The maximum Gasteiger partial charge on any atom is 0.178 e. The van der Waals surface area contributed by atoms with Crippen molar-refractivity contribution < 1.29 is 9.47 Å². The van der Waals surface area contributed by atoms with Gasteiger partial charge in [0.05, 0.1) is 34.9 Å². The van der Waals surface area contributed by atoms with Crippen LogP contribution >= 0.6 is 43.6 Å². The smallest absolute Gasteiger partial charge is 0.178 e. The summed E-state index contributed by atoms with van der Waals surface area (Å²) in [5.74, 6) is 1.23. The van der Waals surface area contributed by atoms with Gasteiger partial charge in [-0.2, -0.15) is 8.75 Å². The van der Waals surface area contributed by atoms with Gasteiger partial charge in [-0.15, -0.1) is 0 Å². The number of halogens is 2. The lowest BCUT2D eigenvalue weighted by Gasteiger charge is -2.11. The van der Waals surface area contributed by atoms with Crippen LogP contribution in [0.1, 0.15) is 0 Å². The monoisotopic (exact) mass is 352 g/mol. The molecular formula is C8H6Br2N2O2S. The predicted octanol–water partition coefficient (Wildman–Crippen LogP) is 3.23. The van der Waals surface area contributed by atoms with Gasteiger partial charge in [0.2, 0.25) is 0 Å². The van der Waals surface area contributed by atoms with Gasteiger partial charge < -0.3 is 9.47 Å². The van der Waals surface area contributed by atoms with Gasteiger partial charge in [0.15, 0.2) is 11.5 Å². The van der Waals surface area contributed by atoms with Crippen LogP contribution in [0.3, 0.4) is 0 Å². The van der Waals surface area contributed by atoms with E-state index in [4.69, 9.17) is 9.47 Å². The number of hydrogen-bond donors (Lipinski definition) is 0. The highest BCUT2D eigenvalue weighted by Crippen LogP contribution is 2.46. The standard InChI is InChI=1S/C8H6Br2N2O2S/c1-13-7-3(9)5-6(12-15-11-5)4(10)8(7)14-2/h1-2H3. The predicted molar refractivity (Wildman–Crippen MR) is 65.9 cm³/mol. The Kier molecular flexibility index (Phi) is 3.13. The van der Waals surface area contributed by atoms with E-state index in [2.05, 4.69) is 40.6 Å². The minimum Gasteiger partial charge on any atom is -0.492 e. The molecule has 0 aliphatic carbocycles. The van der Waals surface area contributed by atoms with E-state index in [1.54, 1.807) is 14.2 Å². The Labute approximate surface area is 107 Å². The van der Waals surface area contributed by atoms with E-state index in [9.17, 15) is 0 Å². The van der Waals surface area contributed by atoms with Gasteiger partial charge in [-0.1, -0.05) is 0 Å². The SMILES string of the molecule is COc1c(OC)c(Br)c2nsnc2c1Br. The first-order valence-electron chi connectivity index (χ1n) is 3.92. The molecule has 0 spiro atoms. The van der Waals surface area contributed by atoms with Crippen molar-refractivity contribution >= 4 is 54.6 Å². The molecule has 0 fully saturated rings. The normalized spacial score (nSPS) is 10.7. The Balaban J connectivity index is 2.90. The molecule has 1 heterocycles. The Morgan fingerprint density at radius 1 is 0.933 bits per heavy atom. The summed E-state index contributed by atoms with van der Waals surface area (Å²) in [6.07, 6.45) is 0. The Morgan fingerprint density at radius 2 is 1.33 bits per heavy atom. The highest BCUT2D eigenvalue weighted by molar-refractivity contribution is 9.11. The fraction of sp³-hybridized carbons (Fsp3) is 0.250. The number of nitrogens with zero attached hydrogens (tertiary/aromatic N) is 2. The minimum absolute atomic E-state index is 0.615. The Morgan fingerprint density at radius 3 is 1.67 bits per heavy atom. The first-order chi connectivity index (χ1) is 7.20. The lowest BCUT2D eigenvalue weighted by Crippen LogP contribution is -1.94. The second-order valence-corrected chi connectivity index (χ2v) is 4.77. The third-order valence-corrected chi connectivity index (χ3v) is 3.92. The molecule has 7 heteroatoms. The van der Waals surface area contributed by atoms with Crippen molar-refractivity contribution in [3.05, 3.63) is 8.95 Å². The van der Waals surface area contributed by atoms with Crippen LogP contribution in [0.5, 0.6) is 11.5 Å². The third-order valence-electron chi connectivity index (χ3n) is 1.92. The molecule has 80 valence electrons. The number of hydrogen-bond acceptors (Lipinski definition) is 5. The molecule has 2 rings (SSSR count). The molecule has 0 unspecified atom stereocenters. The second-order valence-electron chi connectivity index (χ2n) is 2.66. The molecule has 1 aromatic carbocycles. The summed E-state index contributed by atoms with van der Waals surface area (Å²) in [5.41, 5.74) is 1.54. The summed E-state index contributed by atoms with van der Waals surface area (Å²) in [6, 6.07) is 0. The van der Waals surface area contributed by atoms with Crippen molar-refractivity contribution in [1.82, 2.24) is 8.75 Å². The molecule has 1 aromatic heterocycles. The van der Waals surface area contributed by atoms with Crippen molar-refractivity contribution in [1.29, 1.82) is 0 Å². The van der Waals surface area contributed by atoms with Gasteiger partial charge >= 0.3 is 0 Å². The second kappa shape index (κ2) is 4.23. The van der Waals surface area contributed by atoms with E-state index >= 15 is 0 Å². The van der Waals surface area contributed by atoms with Crippen LogP contribution in [0.25, 0.3) is 11.0 Å². The van der Waals surface area contributed by atoms with Gasteiger partial charge in [0.25, 0.3) is 0 Å². The van der Waals surface area contributed by atoms with E-state index in [0.29, 0.717) is 11.5 Å². The van der Waals surface area contributed by atoms with Crippen LogP contribution in [-0.2, 0) is 0 Å². The first kappa shape index (κ1) is 11.1. The molecule has 0 aliphatic heterocycles. The summed E-state index contributed by atoms with van der Waals surface area (Å²) >= 11 is 8.00. The highest BCUT2D eigenvalue weighted by Gasteiger charge is 2.20. The molecule has 0 N–H and O–H groups in total. The molecule has 0 aliphatic rings. The first-order valence-corrected chi connectivity index (χ1v) is 6.23. The summed E-state index contributed by atoms with van der Waals surface area (Å²) in [4.78, 5) is 0. The fourth-order valence-electron chi connectivity index (χ4n) is 1.26. The van der Waals surface area contributed by atoms with Crippen LogP contribution < -0.4 is 9.47 Å². The van der Waals surface area contributed by atoms with Gasteiger partial charge in [-0.25, -0.2) is 0 Å². The maximum atomic E-state index is 5.26. The number of rotatable bonds is 2. The Bertz CT molecular complexity index is 471. The number of benzene rings is 1. The van der Waals surface area contributed by atoms with Crippen LogP contribution in [0.15, 0.2) is 8.95 Å². The van der Waals surface area contributed by atoms with Crippen LogP contribution in [-0.4, -0.2) is 23.0 Å². The lowest BCUT2D eigenvalue weighted by molar-refractivity contribution is 0.352. The summed E-state index contributed by atoms with van der Waals surface area (Å²) in [6.45, 7) is 0. The molecule has 4 nitrogen and oxygen atoms in total. The zero-order valence-corrected chi connectivity index (χ0v) is 11.9. The maximum absolute atomic E-state index is 5.26.